The molecule has 4 heterocycles. The molecular formula is C28H30F3N5O2. The summed E-state index contributed by atoms with van der Waals surface area (Å²) < 4.78 is 48.9. The number of aryl methyl sites for hydroxylation is 2. The van der Waals surface area contributed by atoms with Crippen molar-refractivity contribution in [2.24, 2.45) is 5.41 Å². The van der Waals surface area contributed by atoms with Gasteiger partial charge in [0.1, 0.15) is 11.3 Å². The number of rotatable bonds is 4. The van der Waals surface area contributed by atoms with Gasteiger partial charge in [0, 0.05) is 36.2 Å². The first-order valence-electron chi connectivity index (χ1n) is 13.5. The zero-order valence-electron chi connectivity index (χ0n) is 21.5. The zero-order chi connectivity index (χ0) is 26.4. The Morgan fingerprint density at radius 2 is 1.74 bits per heavy atom. The van der Waals surface area contributed by atoms with Crippen molar-refractivity contribution in [2.75, 3.05) is 6.61 Å². The van der Waals surface area contributed by atoms with Crippen LogP contribution in [-0.4, -0.2) is 37.3 Å². The van der Waals surface area contributed by atoms with Gasteiger partial charge in [0.15, 0.2) is 5.65 Å². The molecule has 2 atom stereocenters. The van der Waals surface area contributed by atoms with Crippen LogP contribution in [0.4, 0.5) is 13.2 Å². The molecule has 10 heteroatoms. The van der Waals surface area contributed by atoms with E-state index in [1.165, 1.54) is 0 Å². The van der Waals surface area contributed by atoms with Gasteiger partial charge in [-0.05, 0) is 76.8 Å². The standard InChI is InChI=1S/C28H30F3N5O2/c1-15-16(2)33-25-22(32-15)23(26-12-27(13-26,14-26)28(29,30)31)34-24(35-25)17-8-9-38-20(10-17)18-6-7-21(37)36(11-18)19-4-3-5-19/h6-7,11,17,19-20H,3-5,8-10,12-14H2,1-2H3/t17-,20+,26?,27?/m0/s1. The van der Waals surface area contributed by atoms with Gasteiger partial charge in [0.05, 0.1) is 28.6 Å². The quantitative estimate of drug-likeness (QED) is 0.445. The van der Waals surface area contributed by atoms with Gasteiger partial charge in [-0.1, -0.05) is 0 Å². The predicted molar refractivity (Wildman–Crippen MR) is 133 cm³/mol. The van der Waals surface area contributed by atoms with Gasteiger partial charge in [-0.25, -0.2) is 19.9 Å². The summed E-state index contributed by atoms with van der Waals surface area (Å²) in [7, 11) is 0. The van der Waals surface area contributed by atoms with Crippen LogP contribution in [0.15, 0.2) is 23.1 Å². The van der Waals surface area contributed by atoms with Crippen LogP contribution in [0.2, 0.25) is 0 Å². The Bertz CT molecular complexity index is 1490. The number of alkyl halides is 3. The topological polar surface area (TPSA) is 82.8 Å². The maximum absolute atomic E-state index is 13.6. The van der Waals surface area contributed by atoms with E-state index in [9.17, 15) is 18.0 Å². The van der Waals surface area contributed by atoms with Gasteiger partial charge in [-0.15, -0.1) is 0 Å². The molecule has 1 aliphatic heterocycles. The van der Waals surface area contributed by atoms with E-state index in [-0.39, 0.29) is 42.9 Å². The van der Waals surface area contributed by atoms with E-state index in [1.54, 1.807) is 6.07 Å². The summed E-state index contributed by atoms with van der Waals surface area (Å²) in [6.07, 6.45) is 2.22. The van der Waals surface area contributed by atoms with Crippen molar-refractivity contribution < 1.29 is 17.9 Å². The van der Waals surface area contributed by atoms with Crippen molar-refractivity contribution in [2.45, 2.75) is 94.9 Å². The van der Waals surface area contributed by atoms with E-state index in [0.29, 0.717) is 42.1 Å². The van der Waals surface area contributed by atoms with Crippen molar-refractivity contribution in [3.05, 3.63) is 57.2 Å². The molecule has 2 bridgehead atoms. The number of hydrogen-bond acceptors (Lipinski definition) is 6. The highest BCUT2D eigenvalue weighted by molar-refractivity contribution is 5.75. The largest absolute Gasteiger partial charge is 0.394 e. The highest BCUT2D eigenvalue weighted by Gasteiger charge is 2.79. The van der Waals surface area contributed by atoms with E-state index < -0.39 is 17.0 Å². The number of nitrogens with zero attached hydrogens (tertiary/aromatic N) is 5. The molecular weight excluding hydrogens is 495 g/mol. The first kappa shape index (κ1) is 24.2. The van der Waals surface area contributed by atoms with Crippen LogP contribution in [0.1, 0.15) is 97.9 Å². The highest BCUT2D eigenvalue weighted by Crippen LogP contribution is 2.78. The molecule has 0 radical (unpaired) electrons. The fourth-order valence-corrected chi connectivity index (χ4v) is 6.95. The lowest BCUT2D eigenvalue weighted by Crippen LogP contribution is -2.70. The fourth-order valence-electron chi connectivity index (χ4n) is 6.95. The van der Waals surface area contributed by atoms with Crippen molar-refractivity contribution in [1.82, 2.24) is 24.5 Å². The van der Waals surface area contributed by atoms with Crippen LogP contribution in [0.3, 0.4) is 0 Å². The Kier molecular flexibility index (Phi) is 5.13. The van der Waals surface area contributed by atoms with Gasteiger partial charge in [0.25, 0.3) is 5.56 Å². The number of pyridine rings is 1. The van der Waals surface area contributed by atoms with Crippen molar-refractivity contribution in [3.63, 3.8) is 0 Å². The summed E-state index contributed by atoms with van der Waals surface area (Å²) in [5.41, 5.74) is 1.88. The molecule has 4 aliphatic carbocycles. The first-order chi connectivity index (χ1) is 18.1. The van der Waals surface area contributed by atoms with Gasteiger partial charge < -0.3 is 9.30 Å². The number of halogens is 3. The molecule has 38 heavy (non-hydrogen) atoms. The SMILES string of the molecule is Cc1nc2nc([C@H]3CCO[C@@H](c4ccc(=O)n(C5CCC5)c4)C3)nc(C34CC(C(F)(F)F)(C3)C4)c2nc1C. The third-order valence-electron chi connectivity index (χ3n) is 9.54. The normalized spacial score (nSPS) is 31.0. The van der Waals surface area contributed by atoms with E-state index in [4.69, 9.17) is 19.7 Å². The van der Waals surface area contributed by atoms with Crippen LogP contribution in [-0.2, 0) is 10.2 Å². The first-order valence-corrected chi connectivity index (χ1v) is 13.5. The number of hydrogen-bond donors (Lipinski definition) is 0. The third kappa shape index (κ3) is 3.48. The lowest BCUT2D eigenvalue weighted by molar-refractivity contribution is -0.337. The number of ether oxygens (including phenoxy) is 1. The van der Waals surface area contributed by atoms with Gasteiger partial charge >= 0.3 is 6.18 Å². The molecule has 0 spiro atoms. The summed E-state index contributed by atoms with van der Waals surface area (Å²) in [6, 6.07) is 3.71. The number of aromatic nitrogens is 5. The summed E-state index contributed by atoms with van der Waals surface area (Å²) >= 11 is 0. The van der Waals surface area contributed by atoms with Crippen molar-refractivity contribution in [3.8, 4) is 0 Å². The Morgan fingerprint density at radius 3 is 2.42 bits per heavy atom. The highest BCUT2D eigenvalue weighted by atomic mass is 19.4. The Hall–Kier alpha value is -2.88. The van der Waals surface area contributed by atoms with Gasteiger partial charge in [0.2, 0.25) is 0 Å². The molecule has 5 fully saturated rings. The Balaban J connectivity index is 1.23. The molecule has 0 aromatic carbocycles. The fraction of sp³-hybridized carbons (Fsp3) is 0.607. The van der Waals surface area contributed by atoms with Crippen LogP contribution in [0.5, 0.6) is 0 Å². The second-order valence-corrected chi connectivity index (χ2v) is 12.0. The molecule has 0 amide bonds. The lowest BCUT2D eigenvalue weighted by Gasteiger charge is -2.70. The van der Waals surface area contributed by atoms with Crippen molar-refractivity contribution >= 4 is 11.2 Å². The summed E-state index contributed by atoms with van der Waals surface area (Å²) in [5.74, 6) is 0.574. The minimum Gasteiger partial charge on any atom is -0.373 e. The van der Waals surface area contributed by atoms with E-state index in [2.05, 4.69) is 4.98 Å². The Morgan fingerprint density at radius 1 is 1.00 bits per heavy atom. The van der Waals surface area contributed by atoms with Gasteiger partial charge in [-0.3, -0.25) is 4.79 Å². The summed E-state index contributed by atoms with van der Waals surface area (Å²) in [6.45, 7) is 4.23. The summed E-state index contributed by atoms with van der Waals surface area (Å²) in [5, 5.41) is 0. The van der Waals surface area contributed by atoms with Crippen LogP contribution < -0.4 is 5.56 Å². The summed E-state index contributed by atoms with van der Waals surface area (Å²) in [4.78, 5) is 31.6. The second-order valence-electron chi connectivity index (χ2n) is 12.0. The molecule has 5 aliphatic rings. The van der Waals surface area contributed by atoms with E-state index in [1.807, 2.05) is 30.7 Å². The van der Waals surface area contributed by atoms with Crippen LogP contribution in [0.25, 0.3) is 11.2 Å². The molecule has 3 aromatic rings. The van der Waals surface area contributed by atoms with Crippen LogP contribution >= 0.6 is 0 Å². The maximum atomic E-state index is 13.6. The lowest BCUT2D eigenvalue weighted by atomic mass is 9.34. The zero-order valence-corrected chi connectivity index (χ0v) is 21.5. The molecule has 4 saturated carbocycles. The smallest absolute Gasteiger partial charge is 0.373 e. The monoisotopic (exact) mass is 525 g/mol. The third-order valence-corrected chi connectivity index (χ3v) is 9.54. The van der Waals surface area contributed by atoms with Crippen molar-refractivity contribution in [1.29, 1.82) is 0 Å². The minimum absolute atomic E-state index is 0.00716. The second kappa shape index (κ2) is 8.07. The molecule has 0 N–H and O–H groups in total. The number of fused-ring (bicyclic) bond motifs is 1. The molecule has 8 rings (SSSR count). The van der Waals surface area contributed by atoms with E-state index in [0.717, 1.165) is 36.2 Å². The molecule has 0 unspecified atom stereocenters. The van der Waals surface area contributed by atoms with Gasteiger partial charge in [-0.2, -0.15) is 13.2 Å². The minimum atomic E-state index is -4.19. The Labute approximate surface area is 217 Å². The molecule has 1 saturated heterocycles. The molecule has 200 valence electrons. The maximum Gasteiger partial charge on any atom is 0.394 e. The van der Waals surface area contributed by atoms with E-state index >= 15 is 0 Å². The molecule has 3 aromatic heterocycles. The van der Waals surface area contributed by atoms with Crippen LogP contribution in [0, 0.1) is 19.3 Å². The molecule has 7 nitrogen and oxygen atoms in total. The predicted octanol–water partition coefficient (Wildman–Crippen LogP) is 5.54. The average Bonchev–Trinajstić information content (AvgIpc) is 2.77. The average molecular weight is 526 g/mol.